The van der Waals surface area contributed by atoms with Crippen LogP contribution in [0.15, 0.2) is 48.5 Å². The van der Waals surface area contributed by atoms with Crippen molar-refractivity contribution in [2.45, 2.75) is 31.2 Å². The van der Waals surface area contributed by atoms with Crippen molar-refractivity contribution in [1.82, 2.24) is 10.3 Å². The molecule has 1 amide bonds. The summed E-state index contributed by atoms with van der Waals surface area (Å²) in [4.78, 5) is 16.8. The van der Waals surface area contributed by atoms with Crippen LogP contribution in [0.1, 0.15) is 35.5 Å². The average molecular weight is 619 g/mol. The minimum atomic E-state index is -5.33. The Morgan fingerprint density at radius 1 is 1.12 bits per heavy atom. The van der Waals surface area contributed by atoms with Gasteiger partial charge in [-0.25, -0.2) is 17.8 Å². The van der Waals surface area contributed by atoms with Gasteiger partial charge in [0, 0.05) is 16.7 Å². The largest absolute Gasteiger partial charge is 0.495 e. The third-order valence-corrected chi connectivity index (χ3v) is 6.82. The molecule has 5 N–H and O–H groups in total. The molecule has 0 spiro atoms. The van der Waals surface area contributed by atoms with Gasteiger partial charge in [-0.05, 0) is 67.9 Å². The van der Waals surface area contributed by atoms with Crippen LogP contribution < -0.4 is 20.5 Å². The second kappa shape index (κ2) is 11.4. The van der Waals surface area contributed by atoms with E-state index in [0.29, 0.717) is 0 Å². The second-order valence-electron chi connectivity index (χ2n) is 9.81. The highest BCUT2D eigenvalue weighted by Crippen LogP contribution is 2.40. The van der Waals surface area contributed by atoms with Gasteiger partial charge in [-0.3, -0.25) is 9.52 Å². The van der Waals surface area contributed by atoms with E-state index in [9.17, 15) is 35.9 Å². The SMILES string of the molecule is COc1cc(C(=O)NCC(O)(c2cc(C(C)(C)N)cc(-c3ccc(F)c(Cl)c3)n2)C(F)(F)F)ccc1NS(C)(=O)=O. The predicted molar refractivity (Wildman–Crippen MR) is 146 cm³/mol. The van der Waals surface area contributed by atoms with Crippen molar-refractivity contribution in [1.29, 1.82) is 0 Å². The van der Waals surface area contributed by atoms with Crippen molar-refractivity contribution >= 4 is 33.2 Å². The van der Waals surface area contributed by atoms with Crippen molar-refractivity contribution in [2.75, 3.05) is 24.6 Å². The van der Waals surface area contributed by atoms with E-state index in [2.05, 4.69) is 15.0 Å². The van der Waals surface area contributed by atoms with Crippen molar-refractivity contribution < 1.29 is 40.6 Å². The van der Waals surface area contributed by atoms with Crippen LogP contribution in [0.4, 0.5) is 23.2 Å². The lowest BCUT2D eigenvalue weighted by Gasteiger charge is -2.32. The molecule has 0 aliphatic rings. The van der Waals surface area contributed by atoms with Crippen LogP contribution >= 0.6 is 11.6 Å². The molecule has 1 unspecified atom stereocenters. The van der Waals surface area contributed by atoms with E-state index in [-0.39, 0.29) is 38.8 Å². The second-order valence-corrected chi connectivity index (χ2v) is 12.0. The number of sulfonamides is 1. The summed E-state index contributed by atoms with van der Waals surface area (Å²) in [5.74, 6) is -1.86. The molecule has 9 nitrogen and oxygen atoms in total. The lowest BCUT2D eigenvalue weighted by molar-refractivity contribution is -0.265. The van der Waals surface area contributed by atoms with Crippen LogP contribution in [-0.2, 0) is 21.2 Å². The number of methoxy groups -OCH3 is 1. The highest BCUT2D eigenvalue weighted by molar-refractivity contribution is 7.92. The number of nitrogens with two attached hydrogens (primary N) is 1. The van der Waals surface area contributed by atoms with Gasteiger partial charge < -0.3 is 20.9 Å². The summed E-state index contributed by atoms with van der Waals surface area (Å²) in [6, 6.07) is 9.26. The quantitative estimate of drug-likeness (QED) is 0.262. The number of aromatic nitrogens is 1. The topological polar surface area (TPSA) is 144 Å². The first-order valence-corrected chi connectivity index (χ1v) is 14.0. The summed E-state index contributed by atoms with van der Waals surface area (Å²) >= 11 is 5.85. The number of halogens is 5. The van der Waals surface area contributed by atoms with Crippen molar-refractivity contribution in [3.63, 3.8) is 0 Å². The number of ether oxygens (including phenoxy) is 1. The van der Waals surface area contributed by atoms with E-state index in [1.807, 2.05) is 0 Å². The van der Waals surface area contributed by atoms with E-state index >= 15 is 0 Å². The van der Waals surface area contributed by atoms with Crippen LogP contribution in [0.2, 0.25) is 5.02 Å². The van der Waals surface area contributed by atoms with Crippen LogP contribution in [0.3, 0.4) is 0 Å². The molecule has 0 radical (unpaired) electrons. The Hall–Kier alpha value is -3.46. The fraction of sp³-hybridized carbons (Fsp3) is 0.308. The standard InChI is InChI=1S/C26H27ClF4N4O5S/c1-24(2,32)16-11-20(14-5-7-18(28)17(27)9-14)34-22(12-16)25(37,26(29,30)31)13-33-23(36)15-6-8-19(21(10-15)40-3)35-41(4,38)39/h5-12,35,37H,13,32H2,1-4H3,(H,33,36). The molecule has 0 aliphatic carbocycles. The Morgan fingerprint density at radius 2 is 1.78 bits per heavy atom. The number of amides is 1. The van der Waals surface area contributed by atoms with Crippen molar-refractivity contribution in [3.05, 3.63) is 76.2 Å². The zero-order chi connectivity index (χ0) is 31.0. The first-order valence-electron chi connectivity index (χ1n) is 11.8. The molecule has 1 atom stereocenters. The molecule has 0 aliphatic heterocycles. The number of carbonyl (C=O) groups excluding carboxylic acids is 1. The smallest absolute Gasteiger partial charge is 0.424 e. The van der Waals surface area contributed by atoms with Crippen LogP contribution in [-0.4, -0.2) is 50.5 Å². The fourth-order valence-electron chi connectivity index (χ4n) is 3.68. The van der Waals surface area contributed by atoms with Gasteiger partial charge in [0.15, 0.2) is 0 Å². The molecule has 41 heavy (non-hydrogen) atoms. The number of hydrogen-bond donors (Lipinski definition) is 4. The fourth-order valence-corrected chi connectivity index (χ4v) is 4.43. The van der Waals surface area contributed by atoms with Gasteiger partial charge in [-0.2, -0.15) is 13.2 Å². The third-order valence-electron chi connectivity index (χ3n) is 5.94. The molecule has 3 aromatic rings. The van der Waals surface area contributed by atoms with Crippen LogP contribution in [0, 0.1) is 5.82 Å². The van der Waals surface area contributed by atoms with Crippen molar-refractivity contribution in [2.24, 2.45) is 5.73 Å². The summed E-state index contributed by atoms with van der Waals surface area (Å²) in [5.41, 5.74) is 0.454. The van der Waals surface area contributed by atoms with E-state index in [4.69, 9.17) is 22.1 Å². The van der Waals surface area contributed by atoms with E-state index < -0.39 is 51.3 Å². The molecule has 222 valence electrons. The van der Waals surface area contributed by atoms with Crippen LogP contribution in [0.5, 0.6) is 5.75 Å². The molecule has 0 bridgehead atoms. The number of benzene rings is 2. The number of alkyl halides is 3. The third kappa shape index (κ3) is 7.44. The van der Waals surface area contributed by atoms with Gasteiger partial charge >= 0.3 is 6.18 Å². The molecule has 3 rings (SSSR count). The number of nitrogens with zero attached hydrogens (tertiary/aromatic N) is 1. The summed E-state index contributed by atoms with van der Waals surface area (Å²) < 4.78 is 87.3. The molecule has 0 saturated heterocycles. The lowest BCUT2D eigenvalue weighted by Crippen LogP contribution is -2.51. The number of anilines is 1. The first kappa shape index (κ1) is 32.1. The van der Waals surface area contributed by atoms with Gasteiger partial charge in [0.2, 0.25) is 15.6 Å². The zero-order valence-electron chi connectivity index (χ0n) is 22.2. The summed E-state index contributed by atoms with van der Waals surface area (Å²) in [6.07, 6.45) is -4.43. The number of carbonyl (C=O) groups is 1. The predicted octanol–water partition coefficient (Wildman–Crippen LogP) is 4.29. The van der Waals surface area contributed by atoms with Gasteiger partial charge in [-0.15, -0.1) is 0 Å². The highest BCUT2D eigenvalue weighted by Gasteiger charge is 2.56. The monoisotopic (exact) mass is 618 g/mol. The molecule has 0 saturated carbocycles. The average Bonchev–Trinajstić information content (AvgIpc) is 2.86. The molecule has 2 aromatic carbocycles. The molecule has 1 aromatic heterocycles. The lowest BCUT2D eigenvalue weighted by atomic mass is 9.89. The highest BCUT2D eigenvalue weighted by atomic mass is 35.5. The molecule has 0 fully saturated rings. The minimum absolute atomic E-state index is 0.00260. The molecular formula is C26H27ClF4N4O5S. The van der Waals surface area contributed by atoms with E-state index in [1.165, 1.54) is 45.2 Å². The maximum atomic E-state index is 14.4. The molecule has 1 heterocycles. The Balaban J connectivity index is 2.04. The Bertz CT molecular complexity index is 1580. The maximum absolute atomic E-state index is 14.4. The van der Waals surface area contributed by atoms with E-state index in [0.717, 1.165) is 30.5 Å². The maximum Gasteiger partial charge on any atom is 0.424 e. The Morgan fingerprint density at radius 3 is 2.32 bits per heavy atom. The van der Waals surface area contributed by atoms with Gasteiger partial charge in [0.25, 0.3) is 5.91 Å². The Labute approximate surface area is 238 Å². The number of hydrogen-bond acceptors (Lipinski definition) is 7. The van der Waals surface area contributed by atoms with Crippen molar-refractivity contribution in [3.8, 4) is 17.0 Å². The molecule has 15 heteroatoms. The number of pyridine rings is 1. The number of aliphatic hydroxyl groups is 1. The zero-order valence-corrected chi connectivity index (χ0v) is 23.8. The number of rotatable bonds is 9. The first-order chi connectivity index (χ1) is 18.7. The summed E-state index contributed by atoms with van der Waals surface area (Å²) in [6.45, 7) is 1.70. The summed E-state index contributed by atoms with van der Waals surface area (Å²) in [5, 5.41) is 12.8. The number of nitrogens with one attached hydrogen (secondary N) is 2. The van der Waals surface area contributed by atoms with Gasteiger partial charge in [0.05, 0.1) is 42.0 Å². The van der Waals surface area contributed by atoms with Gasteiger partial charge in [0.1, 0.15) is 11.6 Å². The Kier molecular flexibility index (Phi) is 8.94. The minimum Gasteiger partial charge on any atom is -0.495 e. The van der Waals surface area contributed by atoms with E-state index in [1.54, 1.807) is 0 Å². The summed E-state index contributed by atoms with van der Waals surface area (Å²) in [7, 11) is -2.49. The molecular weight excluding hydrogens is 592 g/mol. The van der Waals surface area contributed by atoms with Crippen LogP contribution in [0.25, 0.3) is 11.3 Å². The normalized spacial score (nSPS) is 13.8. The van der Waals surface area contributed by atoms with Gasteiger partial charge in [-0.1, -0.05) is 11.6 Å².